The van der Waals surface area contributed by atoms with E-state index in [2.05, 4.69) is 0 Å². The monoisotopic (exact) mass is 386 g/mol. The highest BCUT2D eigenvalue weighted by atomic mass is 16.8. The molecule has 148 valence electrons. The van der Waals surface area contributed by atoms with Crippen molar-refractivity contribution in [2.24, 2.45) is 0 Å². The maximum atomic E-state index is 12.6. The average molecular weight is 386 g/mol. The van der Waals surface area contributed by atoms with Gasteiger partial charge in [-0.3, -0.25) is 0 Å². The lowest BCUT2D eigenvalue weighted by atomic mass is 9.97. The summed E-state index contributed by atoms with van der Waals surface area (Å²) in [7, 11) is 1.42. The zero-order valence-electron chi connectivity index (χ0n) is 15.3. The Labute approximate surface area is 162 Å². The zero-order valence-corrected chi connectivity index (χ0v) is 15.3. The molecule has 0 radical (unpaired) electrons. The van der Waals surface area contributed by atoms with Crippen molar-refractivity contribution in [3.8, 4) is 0 Å². The number of hydrogen-bond acceptors (Lipinski definition) is 7. The minimum atomic E-state index is -1.20. The van der Waals surface area contributed by atoms with E-state index in [1.807, 2.05) is 36.4 Å². The summed E-state index contributed by atoms with van der Waals surface area (Å²) >= 11 is 0. The fourth-order valence-electron chi connectivity index (χ4n) is 3.44. The van der Waals surface area contributed by atoms with Gasteiger partial charge in [-0.05, 0) is 12.1 Å². The number of hydrogen-bond donors (Lipinski definition) is 1. The predicted molar refractivity (Wildman–Crippen MR) is 97.3 cm³/mol. The first kappa shape index (κ1) is 19.0. The molecule has 2 saturated heterocycles. The molecule has 0 aromatic heterocycles. The Bertz CT molecular complexity index is 782. The molecule has 0 saturated carbocycles. The molecule has 2 fully saturated rings. The quantitative estimate of drug-likeness (QED) is 0.806. The smallest absolute Gasteiger partial charge is 0.338 e. The van der Waals surface area contributed by atoms with Gasteiger partial charge in [0.25, 0.3) is 0 Å². The van der Waals surface area contributed by atoms with E-state index in [1.54, 1.807) is 24.3 Å². The standard InChI is InChI=1S/C21H22O7/c1-24-21-16(22)18(27-19(23)13-8-4-2-5-9-13)17-15(26-21)12-25-20(28-17)14-10-6-3-7-11-14/h2-11,15-18,20-22H,12H2,1H3/t15-,16+,17-,18-,20-,21+/m1/s1. The van der Waals surface area contributed by atoms with Crippen LogP contribution in [0, 0.1) is 0 Å². The number of fused-ring (bicyclic) bond motifs is 1. The largest absolute Gasteiger partial charge is 0.453 e. The Morgan fingerprint density at radius 2 is 1.71 bits per heavy atom. The van der Waals surface area contributed by atoms with Crippen molar-refractivity contribution in [3.05, 3.63) is 71.8 Å². The summed E-state index contributed by atoms with van der Waals surface area (Å²) in [5.74, 6) is -0.550. The highest BCUT2D eigenvalue weighted by Crippen LogP contribution is 2.35. The van der Waals surface area contributed by atoms with Crippen LogP contribution in [0.4, 0.5) is 0 Å². The van der Waals surface area contributed by atoms with Crippen LogP contribution in [0.1, 0.15) is 22.2 Å². The molecular formula is C21H22O7. The lowest BCUT2D eigenvalue weighted by Gasteiger charge is -2.47. The van der Waals surface area contributed by atoms with Crippen molar-refractivity contribution >= 4 is 5.97 Å². The molecule has 7 nitrogen and oxygen atoms in total. The van der Waals surface area contributed by atoms with Gasteiger partial charge in [0.05, 0.1) is 12.2 Å². The van der Waals surface area contributed by atoms with Crippen LogP contribution in [-0.2, 0) is 23.7 Å². The molecule has 0 unspecified atom stereocenters. The molecule has 4 rings (SSSR count). The zero-order chi connectivity index (χ0) is 19.5. The van der Waals surface area contributed by atoms with Gasteiger partial charge in [-0.2, -0.15) is 0 Å². The molecular weight excluding hydrogens is 364 g/mol. The van der Waals surface area contributed by atoms with Gasteiger partial charge in [0.1, 0.15) is 18.3 Å². The third kappa shape index (κ3) is 3.80. The topological polar surface area (TPSA) is 83.5 Å². The maximum Gasteiger partial charge on any atom is 0.338 e. The number of ether oxygens (including phenoxy) is 5. The third-order valence-corrected chi connectivity index (χ3v) is 4.86. The second-order valence-electron chi connectivity index (χ2n) is 6.68. The Balaban J connectivity index is 1.56. The molecule has 1 N–H and O–H groups in total. The fraction of sp³-hybridized carbons (Fsp3) is 0.381. The van der Waals surface area contributed by atoms with Gasteiger partial charge in [-0.15, -0.1) is 0 Å². The SMILES string of the molecule is CO[C@H]1O[C@@H]2CO[C@@H](c3ccccc3)O[C@H]2[C@H](OC(=O)c2ccccc2)[C@@H]1O. The van der Waals surface area contributed by atoms with E-state index in [1.165, 1.54) is 7.11 Å². The molecule has 0 aliphatic carbocycles. The summed E-state index contributed by atoms with van der Waals surface area (Å²) in [6.45, 7) is 0.218. The van der Waals surface area contributed by atoms with Gasteiger partial charge in [0.2, 0.25) is 0 Å². The van der Waals surface area contributed by atoms with Crippen molar-refractivity contribution in [1.82, 2.24) is 0 Å². The van der Waals surface area contributed by atoms with Crippen molar-refractivity contribution in [2.45, 2.75) is 37.0 Å². The number of methoxy groups -OCH3 is 1. The molecule has 2 aliphatic rings. The lowest BCUT2D eigenvalue weighted by molar-refractivity contribution is -0.357. The molecule has 2 heterocycles. The summed E-state index contributed by atoms with van der Waals surface area (Å²) < 4.78 is 28.4. The Morgan fingerprint density at radius 3 is 2.39 bits per heavy atom. The van der Waals surface area contributed by atoms with Crippen LogP contribution in [0.2, 0.25) is 0 Å². The number of benzene rings is 2. The Morgan fingerprint density at radius 1 is 1.04 bits per heavy atom. The van der Waals surface area contributed by atoms with E-state index < -0.39 is 43.0 Å². The number of rotatable bonds is 4. The molecule has 6 atom stereocenters. The Kier molecular flexibility index (Phi) is 5.70. The number of carbonyl (C=O) groups excluding carboxylic acids is 1. The van der Waals surface area contributed by atoms with Gasteiger partial charge < -0.3 is 28.8 Å². The van der Waals surface area contributed by atoms with E-state index in [0.29, 0.717) is 5.56 Å². The number of esters is 1. The molecule has 2 aliphatic heterocycles. The van der Waals surface area contributed by atoms with E-state index in [4.69, 9.17) is 23.7 Å². The van der Waals surface area contributed by atoms with Gasteiger partial charge in [0, 0.05) is 12.7 Å². The molecule has 7 heteroatoms. The minimum Gasteiger partial charge on any atom is -0.453 e. The molecule has 0 amide bonds. The highest BCUT2D eigenvalue weighted by Gasteiger charge is 2.51. The van der Waals surface area contributed by atoms with Crippen LogP contribution in [0.25, 0.3) is 0 Å². The van der Waals surface area contributed by atoms with Crippen LogP contribution in [-0.4, -0.2) is 55.5 Å². The first-order valence-electron chi connectivity index (χ1n) is 9.11. The van der Waals surface area contributed by atoms with E-state index in [9.17, 15) is 9.90 Å². The second-order valence-corrected chi connectivity index (χ2v) is 6.68. The lowest BCUT2D eigenvalue weighted by Crippen LogP contribution is -2.63. The van der Waals surface area contributed by atoms with Crippen molar-refractivity contribution < 1.29 is 33.6 Å². The predicted octanol–water partition coefficient (Wildman–Crippen LogP) is 2.06. The summed E-state index contributed by atoms with van der Waals surface area (Å²) in [4.78, 5) is 12.6. The number of aliphatic hydroxyl groups excluding tert-OH is 1. The van der Waals surface area contributed by atoms with Gasteiger partial charge in [0.15, 0.2) is 18.7 Å². The third-order valence-electron chi connectivity index (χ3n) is 4.86. The fourth-order valence-corrected chi connectivity index (χ4v) is 3.44. The van der Waals surface area contributed by atoms with Crippen LogP contribution < -0.4 is 0 Å². The van der Waals surface area contributed by atoms with Crippen molar-refractivity contribution in [2.75, 3.05) is 13.7 Å². The summed E-state index contributed by atoms with van der Waals surface area (Å²) in [6.07, 6.45) is -5.00. The van der Waals surface area contributed by atoms with Gasteiger partial charge in [-0.25, -0.2) is 4.79 Å². The normalized spacial score (nSPS) is 32.4. The molecule has 0 spiro atoms. The van der Waals surface area contributed by atoms with E-state index in [0.717, 1.165) is 5.56 Å². The van der Waals surface area contributed by atoms with Gasteiger partial charge in [-0.1, -0.05) is 48.5 Å². The summed E-state index contributed by atoms with van der Waals surface area (Å²) in [5, 5.41) is 10.7. The summed E-state index contributed by atoms with van der Waals surface area (Å²) in [5.41, 5.74) is 1.22. The molecule has 2 aromatic rings. The van der Waals surface area contributed by atoms with Crippen molar-refractivity contribution in [1.29, 1.82) is 0 Å². The van der Waals surface area contributed by atoms with Crippen LogP contribution in [0.5, 0.6) is 0 Å². The van der Waals surface area contributed by atoms with Crippen molar-refractivity contribution in [3.63, 3.8) is 0 Å². The van der Waals surface area contributed by atoms with Crippen LogP contribution in [0.3, 0.4) is 0 Å². The number of carbonyl (C=O) groups is 1. The molecule has 28 heavy (non-hydrogen) atoms. The Hall–Kier alpha value is -2.29. The first-order chi connectivity index (χ1) is 13.7. The van der Waals surface area contributed by atoms with E-state index >= 15 is 0 Å². The molecule has 2 aromatic carbocycles. The second kappa shape index (κ2) is 8.38. The number of aliphatic hydroxyl groups is 1. The first-order valence-corrected chi connectivity index (χ1v) is 9.11. The van der Waals surface area contributed by atoms with Crippen LogP contribution in [0.15, 0.2) is 60.7 Å². The van der Waals surface area contributed by atoms with Crippen LogP contribution >= 0.6 is 0 Å². The molecule has 0 bridgehead atoms. The average Bonchev–Trinajstić information content (AvgIpc) is 2.76. The van der Waals surface area contributed by atoms with E-state index in [-0.39, 0.29) is 6.61 Å². The summed E-state index contributed by atoms with van der Waals surface area (Å²) in [6, 6.07) is 18.0. The van der Waals surface area contributed by atoms with Gasteiger partial charge >= 0.3 is 5.97 Å². The minimum absolute atomic E-state index is 0.218. The highest BCUT2D eigenvalue weighted by molar-refractivity contribution is 5.89. The maximum absolute atomic E-state index is 12.6.